The number of thioether (sulfide) groups is 2. The normalized spacial score (nSPS) is 16.2. The van der Waals surface area contributed by atoms with Crippen molar-refractivity contribution >= 4 is 160 Å². The third-order valence-corrected chi connectivity index (χ3v) is 21.3. The van der Waals surface area contributed by atoms with Crippen LogP contribution < -0.4 is 0 Å². The van der Waals surface area contributed by atoms with Gasteiger partial charge in [-0.3, -0.25) is 14.5 Å². The first-order valence-corrected chi connectivity index (χ1v) is 32.3. The Morgan fingerprint density at radius 1 is 0.662 bits per heavy atom. The van der Waals surface area contributed by atoms with Gasteiger partial charge in [-0.15, -0.1) is 22.7 Å². The topological polar surface area (TPSA) is 92.2 Å². The SMILES string of the molecule is CCN(C)C(=O)/C(=C/c1ccc(-c2cc3c(s2)-c2cc4cc5c(cc4cc2C3(CC(C)C)CC(C)C)-c2sc(-c3ccc(/C=C4\SC(=S)N(CC)C4=O)c4nsnc34)cc2C5(CC(C)C)CC(C)C)c2nsnc12)SC=S. The standard InChI is InChI=1S/C61H62N6O2S8/c1-12-66(11)57(68)49(72-30-70)22-35-14-16-39(53-51(35)62-76-64-53)47-24-45-55(73-47)41-18-37-21-44-42(19-38(37)20-43(41)60(45,26-31(3)4)27-32(5)6)56-46(61(44,28-33(7)8)29-34(9)10)25-48(74-56)40-17-15-36(52-54(40)65-77-63-52)23-50-58(69)67(13-2)59(71)75-50/h14-25,30-34H,12-13,26-29H2,1-11H3/b49-22-,50-23-. The quantitative estimate of drug-likeness (QED) is 0.0648. The predicted octanol–water partition coefficient (Wildman–Crippen LogP) is 17.8. The lowest BCUT2D eigenvalue weighted by Gasteiger charge is -2.36. The van der Waals surface area contributed by atoms with Gasteiger partial charge in [-0.2, -0.15) is 17.5 Å². The van der Waals surface area contributed by atoms with Crippen LogP contribution in [0, 0.1) is 23.7 Å². The zero-order valence-electron chi connectivity index (χ0n) is 45.3. The van der Waals surface area contributed by atoms with Gasteiger partial charge in [-0.1, -0.05) is 128 Å². The van der Waals surface area contributed by atoms with E-state index in [4.69, 9.17) is 41.9 Å². The van der Waals surface area contributed by atoms with Gasteiger partial charge in [0.05, 0.1) is 33.3 Å². The van der Waals surface area contributed by atoms with Crippen LogP contribution >= 0.6 is 94.1 Å². The molecular weight excluding hydrogens is 1110 g/mol. The minimum Gasteiger partial charge on any atom is -0.342 e. The molecule has 16 heteroatoms. The summed E-state index contributed by atoms with van der Waals surface area (Å²) in [5, 5.41) is 2.58. The molecule has 2 aliphatic carbocycles. The molecule has 1 saturated heterocycles. The molecule has 0 spiro atoms. The highest BCUT2D eigenvalue weighted by molar-refractivity contribution is 8.26. The van der Waals surface area contributed by atoms with Gasteiger partial charge >= 0.3 is 0 Å². The molecule has 2 amide bonds. The Morgan fingerprint density at radius 3 is 1.57 bits per heavy atom. The molecule has 0 unspecified atom stereocenters. The summed E-state index contributed by atoms with van der Waals surface area (Å²) in [6, 6.07) is 23.8. The van der Waals surface area contributed by atoms with Gasteiger partial charge in [-0.25, -0.2) is 0 Å². The monoisotopic (exact) mass is 1170 g/mol. The minimum atomic E-state index is -0.185. The Kier molecular flexibility index (Phi) is 15.0. The van der Waals surface area contributed by atoms with Crippen molar-refractivity contribution in [3.63, 3.8) is 0 Å². The zero-order chi connectivity index (χ0) is 54.4. The summed E-state index contributed by atoms with van der Waals surface area (Å²) in [6.07, 6.45) is 8.01. The highest BCUT2D eigenvalue weighted by atomic mass is 32.2. The molecule has 396 valence electrons. The van der Waals surface area contributed by atoms with Crippen molar-refractivity contribution in [3.05, 3.63) is 104 Å². The molecule has 4 aromatic carbocycles. The van der Waals surface area contributed by atoms with E-state index in [-0.39, 0.29) is 22.6 Å². The summed E-state index contributed by atoms with van der Waals surface area (Å²) in [7, 11) is 1.81. The number of carbonyl (C=O) groups excluding carboxylic acids is 2. The average molecular weight is 1170 g/mol. The number of fused-ring (bicyclic) bond motifs is 9. The van der Waals surface area contributed by atoms with Crippen LogP contribution in [0.5, 0.6) is 0 Å². The lowest BCUT2D eigenvalue weighted by molar-refractivity contribution is -0.125. The molecule has 0 radical (unpaired) electrons. The predicted molar refractivity (Wildman–Crippen MR) is 341 cm³/mol. The number of likely N-dealkylation sites (N-methyl/N-ethyl adjacent to an activating group) is 2. The number of aromatic nitrogens is 4. The molecule has 1 aliphatic heterocycles. The molecule has 4 aromatic heterocycles. The Bertz CT molecular complexity index is 3770. The number of thiocarbonyl (C=S) groups is 2. The number of carbonyl (C=O) groups is 2. The molecule has 0 atom stereocenters. The van der Waals surface area contributed by atoms with Crippen LogP contribution in [0.2, 0.25) is 0 Å². The molecule has 11 rings (SSSR count). The first kappa shape index (κ1) is 54.4. The van der Waals surface area contributed by atoms with Crippen LogP contribution in [0.4, 0.5) is 0 Å². The van der Waals surface area contributed by atoms with Crippen molar-refractivity contribution in [1.82, 2.24) is 27.3 Å². The number of nitrogens with zero attached hydrogens (tertiary/aromatic N) is 6. The smallest absolute Gasteiger partial charge is 0.266 e. The van der Waals surface area contributed by atoms with E-state index in [1.807, 2.05) is 55.7 Å². The first-order valence-electron chi connectivity index (χ1n) is 26.7. The molecule has 8 aromatic rings. The van der Waals surface area contributed by atoms with Crippen molar-refractivity contribution in [3.8, 4) is 41.8 Å². The molecule has 0 N–H and O–H groups in total. The first-order chi connectivity index (χ1) is 36.9. The highest BCUT2D eigenvalue weighted by Gasteiger charge is 2.48. The van der Waals surface area contributed by atoms with Crippen molar-refractivity contribution in [2.75, 3.05) is 20.1 Å². The molecular formula is C61H62N6O2S8. The summed E-state index contributed by atoms with van der Waals surface area (Å²) >= 11 is 19.6. The lowest BCUT2D eigenvalue weighted by atomic mass is 9.67. The van der Waals surface area contributed by atoms with E-state index >= 15 is 0 Å². The number of hydrogen-bond donors (Lipinski definition) is 0. The number of rotatable bonds is 17. The second-order valence-corrected chi connectivity index (χ2v) is 29.0. The maximum atomic E-state index is 13.4. The summed E-state index contributed by atoms with van der Waals surface area (Å²) in [6.45, 7) is 24.1. The van der Waals surface area contributed by atoms with Crippen LogP contribution in [-0.2, 0) is 20.4 Å². The number of benzene rings is 4. The summed E-state index contributed by atoms with van der Waals surface area (Å²) in [5.74, 6) is 1.72. The highest BCUT2D eigenvalue weighted by Crippen LogP contribution is 2.63. The van der Waals surface area contributed by atoms with Gasteiger partial charge in [0.2, 0.25) is 0 Å². The molecule has 1 fully saturated rings. The fourth-order valence-corrected chi connectivity index (χ4v) is 18.8. The largest absolute Gasteiger partial charge is 0.342 e. The molecule has 0 saturated carbocycles. The van der Waals surface area contributed by atoms with E-state index in [0.717, 1.165) is 70.0 Å². The fourth-order valence-electron chi connectivity index (χ4n) is 12.8. The molecule has 5 heterocycles. The van der Waals surface area contributed by atoms with E-state index < -0.39 is 0 Å². The maximum absolute atomic E-state index is 13.4. The summed E-state index contributed by atoms with van der Waals surface area (Å²) in [4.78, 5) is 36.3. The molecule has 77 heavy (non-hydrogen) atoms. The van der Waals surface area contributed by atoms with Gasteiger partial charge in [0.25, 0.3) is 11.8 Å². The van der Waals surface area contributed by atoms with E-state index in [2.05, 4.69) is 116 Å². The van der Waals surface area contributed by atoms with Crippen LogP contribution in [0.15, 0.2) is 70.5 Å². The van der Waals surface area contributed by atoms with E-state index in [0.29, 0.717) is 50.9 Å². The zero-order valence-corrected chi connectivity index (χ0v) is 51.9. The Labute approximate surface area is 487 Å². The lowest BCUT2D eigenvalue weighted by Crippen LogP contribution is -2.29. The number of amides is 2. The molecule has 0 bridgehead atoms. The third kappa shape index (κ3) is 9.31. The van der Waals surface area contributed by atoms with Gasteiger partial charge in [0.15, 0.2) is 0 Å². The van der Waals surface area contributed by atoms with Gasteiger partial charge < -0.3 is 4.90 Å². The van der Waals surface area contributed by atoms with Crippen LogP contribution in [0.25, 0.3) is 86.8 Å². The Morgan fingerprint density at radius 2 is 1.13 bits per heavy atom. The molecule has 8 nitrogen and oxygen atoms in total. The van der Waals surface area contributed by atoms with Gasteiger partial charge in [0.1, 0.15) is 26.4 Å². The molecule has 3 aliphatic rings. The van der Waals surface area contributed by atoms with Crippen molar-refractivity contribution in [2.45, 2.75) is 106 Å². The Balaban J connectivity index is 1.06. The van der Waals surface area contributed by atoms with Crippen LogP contribution in [0.3, 0.4) is 0 Å². The van der Waals surface area contributed by atoms with Crippen LogP contribution in [0.1, 0.15) is 128 Å². The maximum Gasteiger partial charge on any atom is 0.266 e. The second-order valence-electron chi connectivity index (χ2n) is 22.7. The van der Waals surface area contributed by atoms with E-state index in [1.165, 1.54) is 111 Å². The van der Waals surface area contributed by atoms with Crippen molar-refractivity contribution in [1.29, 1.82) is 0 Å². The second kappa shape index (κ2) is 21.2. The van der Waals surface area contributed by atoms with E-state index in [9.17, 15) is 9.59 Å². The fraction of sp³-hybridized carbons (Fsp3) is 0.377. The number of hydrogen-bond acceptors (Lipinski definition) is 14. The van der Waals surface area contributed by atoms with Crippen molar-refractivity contribution in [2.24, 2.45) is 23.7 Å². The summed E-state index contributed by atoms with van der Waals surface area (Å²) in [5.41, 5.74) is 15.3. The van der Waals surface area contributed by atoms with Crippen LogP contribution in [-0.4, -0.2) is 68.3 Å². The summed E-state index contributed by atoms with van der Waals surface area (Å²) < 4.78 is 21.6. The van der Waals surface area contributed by atoms with E-state index in [1.54, 1.807) is 14.5 Å². The Hall–Kier alpha value is -4.52. The van der Waals surface area contributed by atoms with Crippen molar-refractivity contribution < 1.29 is 9.59 Å². The number of thiophene rings is 2. The third-order valence-electron chi connectivity index (χ3n) is 15.5. The van der Waals surface area contributed by atoms with Gasteiger partial charge in [0, 0.05) is 77.4 Å². The minimum absolute atomic E-state index is 0.0535. The van der Waals surface area contributed by atoms with Gasteiger partial charge in [-0.05, 0) is 156 Å². The average Bonchev–Trinajstić information content (AvgIpc) is 4.46.